The van der Waals surface area contributed by atoms with Gasteiger partial charge in [0.05, 0.1) is 12.3 Å². The van der Waals surface area contributed by atoms with Gasteiger partial charge in [-0.2, -0.15) is 5.10 Å². The van der Waals surface area contributed by atoms with E-state index in [0.29, 0.717) is 6.54 Å². The topological polar surface area (TPSA) is 53.1 Å². The molecule has 1 aromatic heterocycles. The highest BCUT2D eigenvalue weighted by atomic mass is 16.5. The number of nitrogens with two attached hydrogens (primary N) is 1. The minimum absolute atomic E-state index is 0.512. The van der Waals surface area contributed by atoms with Crippen LogP contribution in [0.4, 0.5) is 0 Å². The summed E-state index contributed by atoms with van der Waals surface area (Å²) in [6.07, 6.45) is 3.90. The number of ether oxygens (including phenoxy) is 1. The van der Waals surface area contributed by atoms with E-state index >= 15 is 0 Å². The van der Waals surface area contributed by atoms with Crippen LogP contribution in [0.5, 0.6) is 5.75 Å². The fourth-order valence-corrected chi connectivity index (χ4v) is 2.66. The number of benzene rings is 1. The van der Waals surface area contributed by atoms with E-state index in [-0.39, 0.29) is 0 Å². The van der Waals surface area contributed by atoms with Crippen molar-refractivity contribution >= 4 is 0 Å². The van der Waals surface area contributed by atoms with Crippen molar-refractivity contribution in [1.82, 2.24) is 9.78 Å². The van der Waals surface area contributed by atoms with E-state index in [0.717, 1.165) is 43.0 Å². The Kier molecular flexibility index (Phi) is 3.25. The van der Waals surface area contributed by atoms with E-state index in [4.69, 9.17) is 10.5 Å². The van der Waals surface area contributed by atoms with Gasteiger partial charge in [-0.3, -0.25) is 4.68 Å². The van der Waals surface area contributed by atoms with Gasteiger partial charge in [-0.05, 0) is 30.2 Å². The second-order valence-corrected chi connectivity index (χ2v) is 4.87. The molecule has 19 heavy (non-hydrogen) atoms. The molecule has 2 aromatic rings. The molecule has 0 aliphatic carbocycles. The molecule has 2 heterocycles. The molecule has 0 bridgehead atoms. The Hall–Kier alpha value is -1.81. The van der Waals surface area contributed by atoms with Crippen molar-refractivity contribution in [2.45, 2.75) is 32.9 Å². The Labute approximate surface area is 113 Å². The lowest BCUT2D eigenvalue weighted by molar-refractivity contribution is 0.353. The van der Waals surface area contributed by atoms with Crippen LogP contribution in [-0.2, 0) is 19.5 Å². The van der Waals surface area contributed by atoms with Gasteiger partial charge in [0.1, 0.15) is 5.75 Å². The second-order valence-electron chi connectivity index (χ2n) is 4.87. The van der Waals surface area contributed by atoms with Crippen molar-refractivity contribution in [3.63, 3.8) is 0 Å². The molecule has 0 radical (unpaired) electrons. The number of fused-ring (bicyclic) bond motifs is 1. The summed E-state index contributed by atoms with van der Waals surface area (Å²) in [5, 5.41) is 4.39. The van der Waals surface area contributed by atoms with E-state index in [1.54, 1.807) is 0 Å². The molecule has 1 aromatic carbocycles. The molecule has 2 N–H and O–H groups in total. The van der Waals surface area contributed by atoms with Crippen LogP contribution < -0.4 is 10.5 Å². The fraction of sp³-hybridized carbons (Fsp3) is 0.400. The third kappa shape index (κ3) is 2.12. The third-order valence-electron chi connectivity index (χ3n) is 3.53. The van der Waals surface area contributed by atoms with E-state index in [9.17, 15) is 0 Å². The lowest BCUT2D eigenvalue weighted by Crippen LogP contribution is -2.03. The van der Waals surface area contributed by atoms with E-state index in [1.807, 2.05) is 6.20 Å². The normalized spacial score (nSPS) is 13.4. The molecule has 1 aliphatic rings. The summed E-state index contributed by atoms with van der Waals surface area (Å²) < 4.78 is 7.72. The summed E-state index contributed by atoms with van der Waals surface area (Å²) in [7, 11) is 0. The van der Waals surface area contributed by atoms with Gasteiger partial charge in [-0.15, -0.1) is 0 Å². The van der Waals surface area contributed by atoms with Crippen molar-refractivity contribution < 1.29 is 4.74 Å². The summed E-state index contributed by atoms with van der Waals surface area (Å²) in [6, 6.07) is 6.41. The molecular weight excluding hydrogens is 238 g/mol. The molecule has 4 heteroatoms. The molecular formula is C15H19N3O. The first-order valence-corrected chi connectivity index (χ1v) is 6.84. The van der Waals surface area contributed by atoms with Crippen LogP contribution in [0.3, 0.4) is 0 Å². The average Bonchev–Trinajstić information content (AvgIpc) is 3.06. The molecule has 0 amide bonds. The summed E-state index contributed by atoms with van der Waals surface area (Å²) in [4.78, 5) is 0. The lowest BCUT2D eigenvalue weighted by Gasteiger charge is -2.11. The Morgan fingerprint density at radius 1 is 1.42 bits per heavy atom. The first-order chi connectivity index (χ1) is 9.33. The third-order valence-corrected chi connectivity index (χ3v) is 3.53. The molecule has 0 unspecified atom stereocenters. The zero-order valence-electron chi connectivity index (χ0n) is 11.2. The summed E-state index contributed by atoms with van der Waals surface area (Å²) in [5.74, 6) is 0.993. The van der Waals surface area contributed by atoms with Gasteiger partial charge in [0.25, 0.3) is 0 Å². The van der Waals surface area contributed by atoms with Gasteiger partial charge in [0, 0.05) is 36.8 Å². The Morgan fingerprint density at radius 3 is 3.11 bits per heavy atom. The summed E-state index contributed by atoms with van der Waals surface area (Å²) in [5.41, 5.74) is 10.5. The summed E-state index contributed by atoms with van der Waals surface area (Å²) >= 11 is 0. The van der Waals surface area contributed by atoms with Crippen molar-refractivity contribution in [2.24, 2.45) is 5.73 Å². The number of nitrogens with zero attached hydrogens (tertiary/aromatic N) is 2. The minimum Gasteiger partial charge on any atom is -0.493 e. The zero-order chi connectivity index (χ0) is 13.2. The van der Waals surface area contributed by atoms with Crippen molar-refractivity contribution in [2.75, 3.05) is 6.61 Å². The van der Waals surface area contributed by atoms with Crippen LogP contribution in [0, 0.1) is 0 Å². The number of rotatable bonds is 4. The fourth-order valence-electron chi connectivity index (χ4n) is 2.66. The predicted octanol–water partition coefficient (Wildman–Crippen LogP) is 2.35. The van der Waals surface area contributed by atoms with Crippen molar-refractivity contribution in [1.29, 1.82) is 0 Å². The maximum atomic E-state index is 5.84. The van der Waals surface area contributed by atoms with Crippen LogP contribution in [0.1, 0.15) is 24.5 Å². The van der Waals surface area contributed by atoms with Crippen LogP contribution in [0.15, 0.2) is 24.4 Å². The number of aromatic nitrogens is 2. The molecule has 0 saturated carbocycles. The number of aryl methyl sites for hydroxylation is 1. The Balaban J connectivity index is 2.08. The van der Waals surface area contributed by atoms with E-state index in [1.165, 1.54) is 11.1 Å². The van der Waals surface area contributed by atoms with E-state index < -0.39 is 0 Å². The molecule has 3 rings (SSSR count). The molecule has 100 valence electrons. The highest BCUT2D eigenvalue weighted by Gasteiger charge is 2.18. The average molecular weight is 257 g/mol. The molecule has 1 aliphatic heterocycles. The second kappa shape index (κ2) is 5.05. The molecule has 0 saturated heterocycles. The largest absolute Gasteiger partial charge is 0.493 e. The van der Waals surface area contributed by atoms with Gasteiger partial charge in [0.15, 0.2) is 0 Å². The highest BCUT2D eigenvalue weighted by molar-refractivity contribution is 5.65. The van der Waals surface area contributed by atoms with Crippen LogP contribution in [0.25, 0.3) is 11.3 Å². The zero-order valence-corrected chi connectivity index (χ0v) is 11.2. The van der Waals surface area contributed by atoms with Crippen LogP contribution in [-0.4, -0.2) is 16.4 Å². The number of hydrogen-bond donors (Lipinski definition) is 1. The smallest absolute Gasteiger partial charge is 0.127 e. The van der Waals surface area contributed by atoms with Gasteiger partial charge >= 0.3 is 0 Å². The maximum Gasteiger partial charge on any atom is 0.127 e. The first-order valence-electron chi connectivity index (χ1n) is 6.84. The van der Waals surface area contributed by atoms with Gasteiger partial charge < -0.3 is 10.5 Å². The Bertz CT molecular complexity index is 589. The molecule has 0 spiro atoms. The van der Waals surface area contributed by atoms with Crippen molar-refractivity contribution in [3.8, 4) is 17.0 Å². The number of hydrogen-bond acceptors (Lipinski definition) is 3. The summed E-state index contributed by atoms with van der Waals surface area (Å²) in [6.45, 7) is 4.37. The minimum atomic E-state index is 0.512. The van der Waals surface area contributed by atoms with Crippen LogP contribution >= 0.6 is 0 Å². The van der Waals surface area contributed by atoms with E-state index in [2.05, 4.69) is 34.9 Å². The highest BCUT2D eigenvalue weighted by Crippen LogP contribution is 2.34. The molecule has 0 atom stereocenters. The Morgan fingerprint density at radius 2 is 2.32 bits per heavy atom. The van der Waals surface area contributed by atoms with Gasteiger partial charge in [0.2, 0.25) is 0 Å². The SMILES string of the molecule is CCCn1nccc1-c1cc(CN)c2c(c1)CCO2. The van der Waals surface area contributed by atoms with Gasteiger partial charge in [-0.25, -0.2) is 0 Å². The lowest BCUT2D eigenvalue weighted by atomic mass is 10.0. The quantitative estimate of drug-likeness (QED) is 0.914. The maximum absolute atomic E-state index is 5.84. The van der Waals surface area contributed by atoms with Gasteiger partial charge in [-0.1, -0.05) is 6.92 Å². The predicted molar refractivity (Wildman–Crippen MR) is 75.0 cm³/mol. The van der Waals surface area contributed by atoms with Crippen LogP contribution in [0.2, 0.25) is 0 Å². The standard InChI is InChI=1S/C15H19N3O/c1-2-6-18-14(3-5-17-18)12-8-11-4-7-19-15(11)13(9-12)10-16/h3,5,8-9H,2,4,6-7,10,16H2,1H3. The molecule has 0 fully saturated rings. The first kappa shape index (κ1) is 12.2. The molecule has 4 nitrogen and oxygen atoms in total. The monoisotopic (exact) mass is 257 g/mol. The van der Waals surface area contributed by atoms with Crippen molar-refractivity contribution in [3.05, 3.63) is 35.5 Å².